The molecule has 0 saturated heterocycles. The molecule has 0 spiro atoms. The fourth-order valence-electron chi connectivity index (χ4n) is 11.6. The Hall–Kier alpha value is -7.42. The van der Waals surface area contributed by atoms with E-state index in [1.54, 1.807) is 0 Å². The zero-order chi connectivity index (χ0) is 41.8. The lowest BCUT2D eigenvalue weighted by Crippen LogP contribution is -2.29. The molecule has 0 amide bonds. The van der Waals surface area contributed by atoms with Gasteiger partial charge in [-0.15, -0.1) is 0 Å². The van der Waals surface area contributed by atoms with Crippen molar-refractivity contribution < 1.29 is 0 Å². The second kappa shape index (κ2) is 13.8. The van der Waals surface area contributed by atoms with Crippen LogP contribution in [0.5, 0.6) is 0 Å². The van der Waals surface area contributed by atoms with Crippen molar-refractivity contribution in [3.8, 4) is 0 Å². The smallest absolute Gasteiger partial charge is 0.0497 e. The molecule has 2 aliphatic carbocycles. The van der Waals surface area contributed by atoms with Crippen molar-refractivity contribution in [2.45, 2.75) is 38.0 Å². The highest BCUT2D eigenvalue weighted by Crippen LogP contribution is 2.55. The average Bonchev–Trinajstić information content (AvgIpc) is 3.56. The van der Waals surface area contributed by atoms with Gasteiger partial charge in [-0.25, -0.2) is 0 Å². The quantitative estimate of drug-likeness (QED) is 0.129. The van der Waals surface area contributed by atoms with Gasteiger partial charge in [-0.2, -0.15) is 0 Å². The lowest BCUT2D eigenvalue weighted by molar-refractivity contribution is 0.392. The molecular formula is C61H46N2. The maximum Gasteiger partial charge on any atom is 0.0497 e. The van der Waals surface area contributed by atoms with Gasteiger partial charge in [0.1, 0.15) is 0 Å². The van der Waals surface area contributed by atoms with Crippen LogP contribution in [-0.4, -0.2) is 0 Å². The van der Waals surface area contributed by atoms with Crippen molar-refractivity contribution in [3.05, 3.63) is 244 Å². The van der Waals surface area contributed by atoms with E-state index < -0.39 is 0 Å². The molecule has 2 heterocycles. The summed E-state index contributed by atoms with van der Waals surface area (Å²) in [6.07, 6.45) is 13.9. The largest absolute Gasteiger partial charge is 0.310 e. The number of hydrogen-bond acceptors (Lipinski definition) is 2. The lowest BCUT2D eigenvalue weighted by Gasteiger charge is -2.38. The highest BCUT2D eigenvalue weighted by atomic mass is 15.2. The Labute approximate surface area is 369 Å². The molecule has 0 saturated carbocycles. The maximum atomic E-state index is 2.56. The van der Waals surface area contributed by atoms with Crippen LogP contribution in [0.2, 0.25) is 0 Å². The average molecular weight is 807 g/mol. The van der Waals surface area contributed by atoms with Crippen molar-refractivity contribution >= 4 is 72.9 Å². The number of hydrogen-bond donors (Lipinski definition) is 0. The summed E-state index contributed by atoms with van der Waals surface area (Å²) in [5.41, 5.74) is 18.4. The SMILES string of the molecule is CC1(C)c2cc(/C=C/c3ccc4c5ccc(N6c7ccccc7Cc7ccccc76)cc5c5ccccc5c4c3)ccc2C2C=CC(N3c4ccccc4Cc4ccccc43)=CC21. The summed E-state index contributed by atoms with van der Waals surface area (Å²) >= 11 is 0. The molecule has 0 fully saturated rings. The van der Waals surface area contributed by atoms with Crippen molar-refractivity contribution in [1.82, 2.24) is 0 Å². The number of anilines is 5. The van der Waals surface area contributed by atoms with Gasteiger partial charge in [0.25, 0.3) is 0 Å². The van der Waals surface area contributed by atoms with Gasteiger partial charge < -0.3 is 9.80 Å². The molecule has 2 aliphatic heterocycles. The highest BCUT2D eigenvalue weighted by molar-refractivity contribution is 6.26. The minimum atomic E-state index is -0.0295. The molecule has 300 valence electrons. The molecule has 9 aromatic carbocycles. The van der Waals surface area contributed by atoms with Gasteiger partial charge in [-0.05, 0) is 137 Å². The lowest BCUT2D eigenvalue weighted by atomic mass is 9.73. The molecule has 2 nitrogen and oxygen atoms in total. The van der Waals surface area contributed by atoms with E-state index in [2.05, 4.69) is 230 Å². The minimum absolute atomic E-state index is 0.0295. The Morgan fingerprint density at radius 1 is 0.460 bits per heavy atom. The second-order valence-corrected chi connectivity index (χ2v) is 18.5. The fourth-order valence-corrected chi connectivity index (χ4v) is 11.6. The molecule has 13 rings (SSSR count). The Kier molecular flexibility index (Phi) is 7.94. The molecule has 0 bridgehead atoms. The first-order valence-corrected chi connectivity index (χ1v) is 22.5. The third-order valence-corrected chi connectivity index (χ3v) is 14.7. The van der Waals surface area contributed by atoms with Crippen LogP contribution in [0.4, 0.5) is 28.4 Å². The van der Waals surface area contributed by atoms with Crippen LogP contribution < -0.4 is 9.80 Å². The first kappa shape index (κ1) is 36.3. The van der Waals surface area contributed by atoms with Crippen LogP contribution in [-0.2, 0) is 18.3 Å². The number of rotatable bonds is 4. The number of nitrogens with zero attached hydrogens (tertiary/aromatic N) is 2. The molecule has 0 aromatic heterocycles. The van der Waals surface area contributed by atoms with E-state index in [4.69, 9.17) is 0 Å². The van der Waals surface area contributed by atoms with Gasteiger partial charge in [0, 0.05) is 52.9 Å². The summed E-state index contributed by atoms with van der Waals surface area (Å²) in [7, 11) is 0. The standard InChI is InChI=1S/C61H46N2/c1-61(2)55-34-40(26-30-51(55)52-32-28-46(38-56(52)61)63-59-21-11-5-15-43(59)36-44-16-6-12-22-60(44)63)24-23-39-25-29-49-50-31-27-45(37-54(50)48-18-8-7-17-47(48)53(49)33-39)62-57-19-9-3-13-41(57)35-42-14-4-10-20-58(42)62/h3-34,37-38,52,56H,35-36H2,1-2H3/b24-23+. The maximum absolute atomic E-state index is 2.56. The van der Waals surface area contributed by atoms with Crippen molar-refractivity contribution in [3.63, 3.8) is 0 Å². The molecule has 2 heteroatoms. The molecule has 4 aliphatic rings. The van der Waals surface area contributed by atoms with Crippen LogP contribution in [0.25, 0.3) is 44.5 Å². The topological polar surface area (TPSA) is 6.48 Å². The second-order valence-electron chi connectivity index (χ2n) is 18.5. The zero-order valence-corrected chi connectivity index (χ0v) is 35.6. The van der Waals surface area contributed by atoms with Crippen LogP contribution in [0.1, 0.15) is 64.3 Å². The van der Waals surface area contributed by atoms with E-state index in [0.29, 0.717) is 11.8 Å². The van der Waals surface area contributed by atoms with Crippen LogP contribution in [0.3, 0.4) is 0 Å². The van der Waals surface area contributed by atoms with Crippen LogP contribution in [0, 0.1) is 5.92 Å². The first-order valence-electron chi connectivity index (χ1n) is 22.5. The van der Waals surface area contributed by atoms with Gasteiger partial charge >= 0.3 is 0 Å². The van der Waals surface area contributed by atoms with E-state index in [1.165, 1.54) is 111 Å². The summed E-state index contributed by atoms with van der Waals surface area (Å²) < 4.78 is 0. The van der Waals surface area contributed by atoms with Gasteiger partial charge in [0.05, 0.1) is 0 Å². The normalized spacial score (nSPS) is 17.9. The number of benzene rings is 9. The molecule has 2 atom stereocenters. The van der Waals surface area contributed by atoms with Crippen molar-refractivity contribution in [2.75, 3.05) is 9.80 Å². The minimum Gasteiger partial charge on any atom is -0.310 e. The molecule has 63 heavy (non-hydrogen) atoms. The van der Waals surface area contributed by atoms with E-state index in [-0.39, 0.29) is 5.41 Å². The Balaban J connectivity index is 0.839. The molecule has 0 radical (unpaired) electrons. The van der Waals surface area contributed by atoms with Crippen LogP contribution >= 0.6 is 0 Å². The monoisotopic (exact) mass is 806 g/mol. The molecule has 2 unspecified atom stereocenters. The predicted octanol–water partition coefficient (Wildman–Crippen LogP) is 15.9. The summed E-state index contributed by atoms with van der Waals surface area (Å²) in [6, 6.07) is 65.7. The Morgan fingerprint density at radius 3 is 1.54 bits per heavy atom. The van der Waals surface area contributed by atoms with E-state index in [9.17, 15) is 0 Å². The number of fused-ring (bicyclic) bond motifs is 13. The van der Waals surface area contributed by atoms with Gasteiger partial charge in [0.2, 0.25) is 0 Å². The van der Waals surface area contributed by atoms with E-state index in [0.717, 1.165) is 12.8 Å². The summed E-state index contributed by atoms with van der Waals surface area (Å²) in [5.74, 6) is 0.720. The molecule has 9 aromatic rings. The van der Waals surface area contributed by atoms with Gasteiger partial charge in [0.15, 0.2) is 0 Å². The Bertz CT molecular complexity index is 3360. The van der Waals surface area contributed by atoms with Crippen molar-refractivity contribution in [2.24, 2.45) is 5.92 Å². The van der Waals surface area contributed by atoms with Crippen LogP contribution in [0.15, 0.2) is 200 Å². The first-order chi connectivity index (χ1) is 31.0. The fraction of sp³-hybridized carbons (Fsp3) is 0.115. The predicted molar refractivity (Wildman–Crippen MR) is 266 cm³/mol. The third-order valence-electron chi connectivity index (χ3n) is 14.7. The Morgan fingerprint density at radius 2 is 0.937 bits per heavy atom. The van der Waals surface area contributed by atoms with E-state index in [1.807, 2.05) is 0 Å². The van der Waals surface area contributed by atoms with Crippen molar-refractivity contribution in [1.29, 1.82) is 0 Å². The summed E-state index contributed by atoms with van der Waals surface area (Å²) in [5, 5.41) is 7.70. The molecule has 0 N–H and O–H groups in total. The van der Waals surface area contributed by atoms with E-state index >= 15 is 0 Å². The highest BCUT2D eigenvalue weighted by Gasteiger charge is 2.46. The molecular weight excluding hydrogens is 761 g/mol. The zero-order valence-electron chi connectivity index (χ0n) is 35.6. The van der Waals surface area contributed by atoms with Gasteiger partial charge in [-0.3, -0.25) is 0 Å². The third kappa shape index (κ3) is 5.57. The van der Waals surface area contributed by atoms with Gasteiger partial charge in [-0.1, -0.05) is 172 Å². The summed E-state index contributed by atoms with van der Waals surface area (Å²) in [4.78, 5) is 4.95. The number of allylic oxidation sites excluding steroid dienone is 3. The summed E-state index contributed by atoms with van der Waals surface area (Å²) in [6.45, 7) is 4.89. The number of para-hydroxylation sites is 4.